The van der Waals surface area contributed by atoms with Gasteiger partial charge in [-0.05, 0) is 41.9 Å². The van der Waals surface area contributed by atoms with Crippen molar-refractivity contribution in [1.29, 1.82) is 0 Å². The molecule has 1 aromatic carbocycles. The molecule has 0 aliphatic heterocycles. The third-order valence-electron chi connectivity index (χ3n) is 2.32. The standard InChI is InChI=1S/C13H15BrN2O4/c1-3-15-13(19)16-11(17)8(2)20-12(18)9-6-4-5-7-10(9)14/h4-8H,3H2,1-2H3,(H2,15,16,17,19). The number of ether oxygens (including phenoxy) is 1. The van der Waals surface area contributed by atoms with E-state index >= 15 is 0 Å². The van der Waals surface area contributed by atoms with E-state index in [9.17, 15) is 14.4 Å². The van der Waals surface area contributed by atoms with Crippen LogP contribution in [0.5, 0.6) is 0 Å². The van der Waals surface area contributed by atoms with Crippen molar-refractivity contribution in [3.05, 3.63) is 34.3 Å². The highest BCUT2D eigenvalue weighted by atomic mass is 79.9. The summed E-state index contributed by atoms with van der Waals surface area (Å²) in [6.45, 7) is 3.51. The average Bonchev–Trinajstić information content (AvgIpc) is 2.39. The van der Waals surface area contributed by atoms with Crippen molar-refractivity contribution in [2.45, 2.75) is 20.0 Å². The summed E-state index contributed by atoms with van der Waals surface area (Å²) in [5.41, 5.74) is 0.310. The fourth-order valence-electron chi connectivity index (χ4n) is 1.32. The van der Waals surface area contributed by atoms with Crippen LogP contribution in [0.15, 0.2) is 28.7 Å². The van der Waals surface area contributed by atoms with Crippen molar-refractivity contribution in [1.82, 2.24) is 10.6 Å². The summed E-state index contributed by atoms with van der Waals surface area (Å²) in [6.07, 6.45) is -1.07. The average molecular weight is 343 g/mol. The minimum absolute atomic E-state index is 0.310. The van der Waals surface area contributed by atoms with Crippen LogP contribution in [0.1, 0.15) is 24.2 Å². The molecular weight excluding hydrogens is 328 g/mol. The second-order valence-electron chi connectivity index (χ2n) is 3.88. The van der Waals surface area contributed by atoms with E-state index in [1.165, 1.54) is 6.92 Å². The molecule has 2 N–H and O–H groups in total. The number of amides is 3. The van der Waals surface area contributed by atoms with Crippen molar-refractivity contribution in [3.63, 3.8) is 0 Å². The first-order chi connectivity index (χ1) is 9.45. The third-order valence-corrected chi connectivity index (χ3v) is 3.01. The number of carbonyl (C=O) groups is 3. The van der Waals surface area contributed by atoms with Crippen molar-refractivity contribution >= 4 is 33.8 Å². The predicted octanol–water partition coefficient (Wildman–Crippen LogP) is 1.84. The first-order valence-corrected chi connectivity index (χ1v) is 6.79. The molecule has 0 bridgehead atoms. The number of hydrogen-bond acceptors (Lipinski definition) is 4. The molecule has 0 fully saturated rings. The van der Waals surface area contributed by atoms with Gasteiger partial charge in [0.25, 0.3) is 5.91 Å². The molecule has 0 heterocycles. The summed E-state index contributed by atoms with van der Waals surface area (Å²) >= 11 is 3.22. The van der Waals surface area contributed by atoms with Crippen LogP contribution in [0.4, 0.5) is 4.79 Å². The van der Waals surface area contributed by atoms with Crippen LogP contribution in [-0.4, -0.2) is 30.6 Å². The van der Waals surface area contributed by atoms with Gasteiger partial charge in [0.05, 0.1) is 5.56 Å². The second-order valence-corrected chi connectivity index (χ2v) is 4.73. The molecule has 1 rings (SSSR count). The van der Waals surface area contributed by atoms with Gasteiger partial charge in [-0.15, -0.1) is 0 Å². The molecule has 7 heteroatoms. The molecule has 6 nitrogen and oxygen atoms in total. The second kappa shape index (κ2) is 7.64. The van der Waals surface area contributed by atoms with Crippen LogP contribution in [0.25, 0.3) is 0 Å². The lowest BCUT2D eigenvalue weighted by atomic mass is 10.2. The monoisotopic (exact) mass is 342 g/mol. The van der Waals surface area contributed by atoms with E-state index < -0.39 is 24.0 Å². The Bertz CT molecular complexity index is 519. The van der Waals surface area contributed by atoms with Gasteiger partial charge in [0.15, 0.2) is 6.10 Å². The quantitative estimate of drug-likeness (QED) is 0.817. The van der Waals surface area contributed by atoms with E-state index in [2.05, 4.69) is 26.6 Å². The van der Waals surface area contributed by atoms with E-state index in [-0.39, 0.29) is 0 Å². The van der Waals surface area contributed by atoms with Crippen molar-refractivity contribution < 1.29 is 19.1 Å². The fraction of sp³-hybridized carbons (Fsp3) is 0.308. The van der Waals surface area contributed by atoms with Gasteiger partial charge in [-0.1, -0.05) is 12.1 Å². The zero-order valence-corrected chi connectivity index (χ0v) is 12.7. The number of benzene rings is 1. The lowest BCUT2D eigenvalue weighted by Gasteiger charge is -2.13. The zero-order chi connectivity index (χ0) is 15.1. The normalized spacial score (nSPS) is 11.3. The number of esters is 1. The number of rotatable bonds is 4. The lowest BCUT2D eigenvalue weighted by Crippen LogP contribution is -2.44. The van der Waals surface area contributed by atoms with E-state index in [1.54, 1.807) is 31.2 Å². The van der Waals surface area contributed by atoms with Gasteiger partial charge < -0.3 is 10.1 Å². The molecule has 0 aromatic heterocycles. The topological polar surface area (TPSA) is 84.5 Å². The van der Waals surface area contributed by atoms with Gasteiger partial charge in [0.1, 0.15) is 0 Å². The van der Waals surface area contributed by atoms with E-state index in [4.69, 9.17) is 4.74 Å². The van der Waals surface area contributed by atoms with Gasteiger partial charge in [-0.25, -0.2) is 9.59 Å². The van der Waals surface area contributed by atoms with Gasteiger partial charge >= 0.3 is 12.0 Å². The maximum atomic E-state index is 11.9. The molecule has 1 atom stereocenters. The van der Waals surface area contributed by atoms with E-state index in [0.717, 1.165) is 0 Å². The minimum atomic E-state index is -1.07. The summed E-state index contributed by atoms with van der Waals surface area (Å²) in [6, 6.07) is 6.07. The molecule has 108 valence electrons. The van der Waals surface area contributed by atoms with E-state index in [1.807, 2.05) is 0 Å². The highest BCUT2D eigenvalue weighted by Crippen LogP contribution is 2.17. The van der Waals surface area contributed by atoms with Crippen molar-refractivity contribution in [2.75, 3.05) is 6.54 Å². The number of hydrogen-bond donors (Lipinski definition) is 2. The Morgan fingerprint density at radius 1 is 1.30 bits per heavy atom. The molecule has 0 radical (unpaired) electrons. The van der Waals surface area contributed by atoms with Crippen LogP contribution < -0.4 is 10.6 Å². The van der Waals surface area contributed by atoms with Crippen LogP contribution in [0.3, 0.4) is 0 Å². The largest absolute Gasteiger partial charge is 0.449 e. The van der Waals surface area contributed by atoms with E-state index in [0.29, 0.717) is 16.6 Å². The van der Waals surface area contributed by atoms with Crippen LogP contribution >= 0.6 is 15.9 Å². The molecule has 0 aliphatic rings. The minimum Gasteiger partial charge on any atom is -0.449 e. The summed E-state index contributed by atoms with van der Waals surface area (Å²) < 4.78 is 5.57. The Balaban J connectivity index is 2.60. The highest BCUT2D eigenvalue weighted by Gasteiger charge is 2.21. The Hall–Kier alpha value is -1.89. The molecule has 0 saturated heterocycles. The summed E-state index contributed by atoms with van der Waals surface area (Å²) in [4.78, 5) is 34.7. The Morgan fingerprint density at radius 3 is 2.55 bits per heavy atom. The number of urea groups is 1. The first-order valence-electron chi connectivity index (χ1n) is 6.00. The van der Waals surface area contributed by atoms with Gasteiger partial charge in [0, 0.05) is 11.0 Å². The molecular formula is C13H15BrN2O4. The SMILES string of the molecule is CCNC(=O)NC(=O)C(C)OC(=O)c1ccccc1Br. The van der Waals surface area contributed by atoms with Crippen LogP contribution in [-0.2, 0) is 9.53 Å². The smallest absolute Gasteiger partial charge is 0.340 e. The molecule has 3 amide bonds. The van der Waals surface area contributed by atoms with Crippen molar-refractivity contribution in [2.24, 2.45) is 0 Å². The Kier molecular flexibility index (Phi) is 6.17. The number of halogens is 1. The third kappa shape index (κ3) is 4.65. The van der Waals surface area contributed by atoms with Crippen LogP contribution in [0, 0.1) is 0 Å². The van der Waals surface area contributed by atoms with Gasteiger partial charge in [0.2, 0.25) is 0 Å². The molecule has 20 heavy (non-hydrogen) atoms. The number of carbonyl (C=O) groups excluding carboxylic acids is 3. The Labute approximate surface area is 125 Å². The van der Waals surface area contributed by atoms with Crippen LogP contribution in [0.2, 0.25) is 0 Å². The highest BCUT2D eigenvalue weighted by molar-refractivity contribution is 9.10. The summed E-state index contributed by atoms with van der Waals surface area (Å²) in [7, 11) is 0. The maximum Gasteiger partial charge on any atom is 0.340 e. The first kappa shape index (κ1) is 16.2. The van der Waals surface area contributed by atoms with Crippen molar-refractivity contribution in [3.8, 4) is 0 Å². The number of imide groups is 1. The summed E-state index contributed by atoms with van der Waals surface area (Å²) in [5.74, 6) is -1.33. The molecule has 0 saturated carbocycles. The number of nitrogens with one attached hydrogen (secondary N) is 2. The molecule has 1 unspecified atom stereocenters. The predicted molar refractivity (Wildman–Crippen MR) is 76.2 cm³/mol. The molecule has 1 aromatic rings. The maximum absolute atomic E-state index is 11.9. The lowest BCUT2D eigenvalue weighted by molar-refractivity contribution is -0.127. The Morgan fingerprint density at radius 2 is 1.95 bits per heavy atom. The van der Waals surface area contributed by atoms with Gasteiger partial charge in [-0.2, -0.15) is 0 Å². The molecule has 0 aliphatic carbocycles. The van der Waals surface area contributed by atoms with Gasteiger partial charge in [-0.3, -0.25) is 10.1 Å². The summed E-state index contributed by atoms with van der Waals surface area (Å²) in [5, 5.41) is 4.48. The fourth-order valence-corrected chi connectivity index (χ4v) is 1.77. The molecule has 0 spiro atoms. The zero-order valence-electron chi connectivity index (χ0n) is 11.1.